The lowest BCUT2D eigenvalue weighted by atomic mass is 9.71. The van der Waals surface area contributed by atoms with Gasteiger partial charge in [-0.3, -0.25) is 9.80 Å². The van der Waals surface area contributed by atoms with Gasteiger partial charge >= 0.3 is 0 Å². The van der Waals surface area contributed by atoms with Crippen molar-refractivity contribution in [1.29, 1.82) is 0 Å². The predicted octanol–water partition coefficient (Wildman–Crippen LogP) is 1.12. The number of nitrogens with two attached hydrogens (primary N) is 1. The molecule has 3 aliphatic heterocycles. The number of nitrogens with one attached hydrogen (secondary N) is 1. The van der Waals surface area contributed by atoms with Gasteiger partial charge < -0.3 is 11.1 Å². The van der Waals surface area contributed by atoms with E-state index in [1.54, 1.807) is 0 Å². The topological polar surface area (TPSA) is 44.5 Å². The van der Waals surface area contributed by atoms with Crippen molar-refractivity contribution in [3.05, 3.63) is 0 Å². The van der Waals surface area contributed by atoms with Gasteiger partial charge in [0.2, 0.25) is 0 Å². The largest absolute Gasteiger partial charge is 0.327 e. The Kier molecular flexibility index (Phi) is 3.80. The fourth-order valence-corrected chi connectivity index (χ4v) is 5.21. The number of fused-ring (bicyclic) bond motifs is 1. The fourth-order valence-electron chi connectivity index (χ4n) is 5.21. The van der Waals surface area contributed by atoms with Crippen LogP contribution >= 0.6 is 0 Å². The van der Waals surface area contributed by atoms with Gasteiger partial charge in [-0.2, -0.15) is 0 Å². The summed E-state index contributed by atoms with van der Waals surface area (Å²) in [6, 6.07) is 2.70. The molecule has 4 unspecified atom stereocenters. The zero-order valence-electron chi connectivity index (χ0n) is 14.6. The molecule has 4 nitrogen and oxygen atoms in total. The minimum absolute atomic E-state index is 0.527. The van der Waals surface area contributed by atoms with Crippen molar-refractivity contribution >= 4 is 0 Å². The van der Waals surface area contributed by atoms with Gasteiger partial charge in [0.1, 0.15) is 0 Å². The fraction of sp³-hybridized carbons (Fsp3) is 1.00. The molecule has 0 bridgehead atoms. The second kappa shape index (κ2) is 5.44. The van der Waals surface area contributed by atoms with Gasteiger partial charge in [-0.15, -0.1) is 0 Å². The van der Waals surface area contributed by atoms with Crippen molar-refractivity contribution in [2.24, 2.45) is 23.0 Å². The number of rotatable bonds is 4. The average Bonchev–Trinajstić information content (AvgIpc) is 2.88. The monoisotopic (exact) mass is 306 g/mol. The molecule has 3 heterocycles. The van der Waals surface area contributed by atoms with Crippen LogP contribution in [-0.2, 0) is 0 Å². The van der Waals surface area contributed by atoms with E-state index in [1.165, 1.54) is 52.0 Å². The number of nitrogens with zero attached hydrogens (tertiary/aromatic N) is 2. The molecular formula is C18H34N4. The predicted molar refractivity (Wildman–Crippen MR) is 90.8 cm³/mol. The van der Waals surface area contributed by atoms with Crippen molar-refractivity contribution in [3.63, 3.8) is 0 Å². The molecule has 1 spiro atoms. The first-order valence-corrected chi connectivity index (χ1v) is 9.44. The number of hydrogen-bond donors (Lipinski definition) is 2. The summed E-state index contributed by atoms with van der Waals surface area (Å²) >= 11 is 0. The Bertz CT molecular complexity index is 395. The summed E-state index contributed by atoms with van der Waals surface area (Å²) in [7, 11) is 0. The van der Waals surface area contributed by atoms with Crippen LogP contribution in [0, 0.1) is 17.3 Å². The van der Waals surface area contributed by atoms with Crippen LogP contribution in [-0.4, -0.2) is 66.7 Å². The molecule has 1 aliphatic carbocycles. The maximum absolute atomic E-state index is 6.06. The lowest BCUT2D eigenvalue weighted by Crippen LogP contribution is -2.65. The van der Waals surface area contributed by atoms with Crippen molar-refractivity contribution in [1.82, 2.24) is 15.1 Å². The van der Waals surface area contributed by atoms with E-state index < -0.39 is 0 Å². The molecule has 22 heavy (non-hydrogen) atoms. The first-order chi connectivity index (χ1) is 10.5. The Labute approximate surface area is 135 Å². The highest BCUT2D eigenvalue weighted by Crippen LogP contribution is 2.45. The minimum atomic E-state index is 0.527. The van der Waals surface area contributed by atoms with Crippen molar-refractivity contribution in [2.45, 2.75) is 64.2 Å². The van der Waals surface area contributed by atoms with Crippen LogP contribution in [0.3, 0.4) is 0 Å². The zero-order chi connectivity index (χ0) is 15.5. The quantitative estimate of drug-likeness (QED) is 0.817. The van der Waals surface area contributed by atoms with Gasteiger partial charge in [0.25, 0.3) is 0 Å². The van der Waals surface area contributed by atoms with E-state index in [4.69, 9.17) is 5.73 Å². The Morgan fingerprint density at radius 2 is 1.82 bits per heavy atom. The maximum Gasteiger partial charge on any atom is 0.0127 e. The second-order valence-electron chi connectivity index (χ2n) is 9.06. The van der Waals surface area contributed by atoms with Gasteiger partial charge in [-0.25, -0.2) is 0 Å². The molecule has 0 amide bonds. The van der Waals surface area contributed by atoms with E-state index in [0.29, 0.717) is 11.5 Å². The summed E-state index contributed by atoms with van der Waals surface area (Å²) in [6.07, 6.45) is 4.12. The average molecular weight is 306 g/mol. The molecule has 1 saturated carbocycles. The maximum atomic E-state index is 6.06. The van der Waals surface area contributed by atoms with Crippen LogP contribution in [0.15, 0.2) is 0 Å². The SMILES string of the molecule is CC(C)N1CC2(CCC(CC(C)N3CC4C(N)C4C3)NC2)C1. The summed E-state index contributed by atoms with van der Waals surface area (Å²) in [4.78, 5) is 5.30. The Morgan fingerprint density at radius 3 is 2.36 bits per heavy atom. The lowest BCUT2D eigenvalue weighted by molar-refractivity contribution is -0.0449. The summed E-state index contributed by atoms with van der Waals surface area (Å²) in [5.41, 5.74) is 6.66. The smallest absolute Gasteiger partial charge is 0.0127 e. The third-order valence-electron chi connectivity index (χ3n) is 7.13. The van der Waals surface area contributed by atoms with Crippen LogP contribution < -0.4 is 11.1 Å². The molecule has 126 valence electrons. The highest BCUT2D eigenvalue weighted by atomic mass is 15.2. The van der Waals surface area contributed by atoms with Gasteiger partial charge in [0.15, 0.2) is 0 Å². The summed E-state index contributed by atoms with van der Waals surface area (Å²) < 4.78 is 0. The standard InChI is InChI=1S/C18H34N4/c1-12(2)22-10-18(11-22)5-4-14(20-9-18)6-13(3)21-7-15-16(8-21)17(15)19/h12-17,20H,4-11,19H2,1-3H3. The lowest BCUT2D eigenvalue weighted by Gasteiger charge is -2.55. The van der Waals surface area contributed by atoms with E-state index in [-0.39, 0.29) is 0 Å². The molecule has 4 heteroatoms. The van der Waals surface area contributed by atoms with Crippen LogP contribution in [0.5, 0.6) is 0 Å². The summed E-state index contributed by atoms with van der Waals surface area (Å²) in [5, 5.41) is 3.88. The number of piperidine rings is 2. The van der Waals surface area contributed by atoms with Gasteiger partial charge in [-0.05, 0) is 51.9 Å². The third-order valence-corrected chi connectivity index (χ3v) is 7.13. The molecular weight excluding hydrogens is 272 g/mol. The van der Waals surface area contributed by atoms with Crippen molar-refractivity contribution < 1.29 is 0 Å². The van der Waals surface area contributed by atoms with Crippen LogP contribution in [0.1, 0.15) is 40.0 Å². The molecule has 3 N–H and O–H groups in total. The normalized spacial score (nSPS) is 42.4. The van der Waals surface area contributed by atoms with E-state index >= 15 is 0 Å². The number of likely N-dealkylation sites (tertiary alicyclic amines) is 2. The molecule has 0 aromatic rings. The van der Waals surface area contributed by atoms with Crippen molar-refractivity contribution in [2.75, 3.05) is 32.7 Å². The highest BCUT2D eigenvalue weighted by molar-refractivity contribution is 5.09. The second-order valence-corrected chi connectivity index (χ2v) is 9.06. The molecule has 4 aliphatic rings. The van der Waals surface area contributed by atoms with Gasteiger partial charge in [0, 0.05) is 62.3 Å². The van der Waals surface area contributed by atoms with E-state index in [1.807, 2.05) is 0 Å². The Morgan fingerprint density at radius 1 is 1.14 bits per heavy atom. The van der Waals surface area contributed by atoms with Gasteiger partial charge in [-0.1, -0.05) is 0 Å². The van der Waals surface area contributed by atoms with E-state index in [0.717, 1.165) is 30.0 Å². The first kappa shape index (κ1) is 15.4. The molecule has 0 aromatic heterocycles. The zero-order valence-corrected chi connectivity index (χ0v) is 14.6. The Hall–Kier alpha value is -0.160. The molecule has 0 aromatic carbocycles. The summed E-state index contributed by atoms with van der Waals surface area (Å²) in [6.45, 7) is 13.4. The minimum Gasteiger partial charge on any atom is -0.327 e. The van der Waals surface area contributed by atoms with Crippen LogP contribution in [0.2, 0.25) is 0 Å². The van der Waals surface area contributed by atoms with Crippen LogP contribution in [0.4, 0.5) is 0 Å². The highest BCUT2D eigenvalue weighted by Gasteiger charge is 2.54. The summed E-state index contributed by atoms with van der Waals surface area (Å²) in [5.74, 6) is 1.64. The van der Waals surface area contributed by atoms with E-state index in [9.17, 15) is 0 Å². The van der Waals surface area contributed by atoms with E-state index in [2.05, 4.69) is 35.9 Å². The third kappa shape index (κ3) is 2.62. The van der Waals surface area contributed by atoms with Crippen LogP contribution in [0.25, 0.3) is 0 Å². The van der Waals surface area contributed by atoms with Crippen molar-refractivity contribution in [3.8, 4) is 0 Å². The Balaban J connectivity index is 1.20. The molecule has 4 rings (SSSR count). The first-order valence-electron chi connectivity index (χ1n) is 9.44. The molecule has 0 radical (unpaired) electrons. The molecule has 4 atom stereocenters. The molecule has 4 fully saturated rings. The molecule has 3 saturated heterocycles. The number of hydrogen-bond acceptors (Lipinski definition) is 4. The van der Waals surface area contributed by atoms with Gasteiger partial charge in [0.05, 0.1) is 0 Å².